The van der Waals surface area contributed by atoms with Crippen molar-refractivity contribution >= 4 is 102 Å². The molecule has 3 heteroatoms. The number of aromatic nitrogens is 3. The maximum absolute atomic E-state index is 2.42. The van der Waals surface area contributed by atoms with Gasteiger partial charge in [0.25, 0.3) is 0 Å². The first-order valence-corrected chi connectivity index (χ1v) is 26.5. The molecule has 0 aliphatic heterocycles. The van der Waals surface area contributed by atoms with E-state index < -0.39 is 0 Å². The minimum absolute atomic E-state index is 0.933. The van der Waals surface area contributed by atoms with Crippen molar-refractivity contribution in [2.45, 2.75) is 40.4 Å². The van der Waals surface area contributed by atoms with Gasteiger partial charge in [-0.3, -0.25) is 0 Å². The van der Waals surface area contributed by atoms with Gasteiger partial charge in [-0.1, -0.05) is 200 Å². The first-order chi connectivity index (χ1) is 37.0. The Morgan fingerprint density at radius 3 is 0.747 bits per heavy atom. The number of fused-ring (bicyclic) bond motifs is 9. The summed E-state index contributed by atoms with van der Waals surface area (Å²) >= 11 is 0. The van der Waals surface area contributed by atoms with Gasteiger partial charge in [0.15, 0.2) is 0 Å². The van der Waals surface area contributed by atoms with Crippen LogP contribution in [-0.2, 0) is 19.6 Å². The maximum atomic E-state index is 2.42. The number of para-hydroxylation sites is 3. The van der Waals surface area contributed by atoms with Crippen molar-refractivity contribution in [1.82, 2.24) is 13.7 Å². The number of nitrogens with zero attached hydrogens (tertiary/aromatic N) is 3. The van der Waals surface area contributed by atoms with Gasteiger partial charge in [0.05, 0.1) is 0 Å². The van der Waals surface area contributed by atoms with E-state index in [1.807, 2.05) is 0 Å². The average molecular weight is 964 g/mol. The Morgan fingerprint density at radius 1 is 0.227 bits per heavy atom. The number of hydrogen-bond donors (Lipinski definition) is 0. The Balaban J connectivity index is 0.799. The van der Waals surface area contributed by atoms with Gasteiger partial charge in [-0.25, -0.2) is 0 Å². The van der Waals surface area contributed by atoms with Gasteiger partial charge in [0.1, 0.15) is 0 Å². The molecule has 0 unspecified atom stereocenters. The lowest BCUT2D eigenvalue weighted by atomic mass is 9.92. The quantitative estimate of drug-likeness (QED) is 0.108. The van der Waals surface area contributed by atoms with Crippen molar-refractivity contribution in [1.29, 1.82) is 0 Å². The molecule has 0 amide bonds. The predicted octanol–water partition coefficient (Wildman–Crippen LogP) is 19.6. The molecule has 0 N–H and O–H groups in total. The summed E-state index contributed by atoms with van der Waals surface area (Å²) < 4.78 is 7.25. The molecule has 3 aromatic heterocycles. The molecule has 360 valence electrons. The van der Waals surface area contributed by atoms with Crippen molar-refractivity contribution in [3.63, 3.8) is 0 Å². The summed E-state index contributed by atoms with van der Waals surface area (Å²) in [5.41, 5.74) is 21.9. The standard InChI is InChI=1S/C72H57N3/c1-4-73-67-16-10-7-13-61(67)64-40-31-52(43-70(64)73)22-19-49-25-34-55(35-26-49)58-46-59(56-36-27-50(28-37-56)20-23-53-32-41-65-62-14-8-11-17-68(62)74(5-2)71(65)44-53)48-60(47-58)57-38-29-51(30-39-57)21-24-54-33-42-66-63-15-9-12-18-69(63)75(6-3)72(66)45-54/h7-48H,4-6H2,1-3H3. The fraction of sp³-hybridized carbons (Fsp3) is 0.0833. The molecule has 0 spiro atoms. The summed E-state index contributed by atoms with van der Waals surface area (Å²) in [6.07, 6.45) is 13.4. The summed E-state index contributed by atoms with van der Waals surface area (Å²) in [5.74, 6) is 0. The summed E-state index contributed by atoms with van der Waals surface area (Å²) in [5, 5.41) is 7.85. The smallest absolute Gasteiger partial charge is 0.0497 e. The highest BCUT2D eigenvalue weighted by atomic mass is 15.0. The largest absolute Gasteiger partial charge is 0.341 e. The Hall–Kier alpha value is -9.18. The molecule has 13 aromatic rings. The van der Waals surface area contributed by atoms with Gasteiger partial charge in [-0.05, 0) is 142 Å². The van der Waals surface area contributed by atoms with Crippen LogP contribution in [0.15, 0.2) is 218 Å². The van der Waals surface area contributed by atoms with Gasteiger partial charge in [0.2, 0.25) is 0 Å². The molecule has 0 saturated heterocycles. The lowest BCUT2D eigenvalue weighted by Gasteiger charge is -2.12. The van der Waals surface area contributed by atoms with Gasteiger partial charge < -0.3 is 13.7 Å². The van der Waals surface area contributed by atoms with E-state index in [0.29, 0.717) is 0 Å². The van der Waals surface area contributed by atoms with Crippen molar-refractivity contribution in [2.75, 3.05) is 0 Å². The number of rotatable bonds is 12. The zero-order valence-electron chi connectivity index (χ0n) is 42.7. The Morgan fingerprint density at radius 2 is 0.467 bits per heavy atom. The molecule has 13 rings (SSSR count). The van der Waals surface area contributed by atoms with E-state index in [9.17, 15) is 0 Å². The lowest BCUT2D eigenvalue weighted by molar-refractivity contribution is 0.827. The Bertz CT molecular complexity index is 3910. The molecule has 0 saturated carbocycles. The van der Waals surface area contributed by atoms with Crippen molar-refractivity contribution < 1.29 is 0 Å². The SMILES string of the molecule is CCn1c2ccccc2c2ccc(C=Cc3ccc(-c4cc(-c5ccc(C=Cc6ccc7c8ccccc8n(CC)c7c6)cc5)cc(-c5ccc(C=Cc6ccc7c8ccccc8n(CC)c7c6)cc5)c4)cc3)cc21. The van der Waals surface area contributed by atoms with Crippen molar-refractivity contribution in [2.24, 2.45) is 0 Å². The topological polar surface area (TPSA) is 14.8 Å². The second-order valence-electron chi connectivity index (χ2n) is 19.8. The molecule has 0 aliphatic carbocycles. The van der Waals surface area contributed by atoms with E-state index >= 15 is 0 Å². The second-order valence-corrected chi connectivity index (χ2v) is 19.8. The first-order valence-electron chi connectivity index (χ1n) is 26.5. The van der Waals surface area contributed by atoms with Gasteiger partial charge >= 0.3 is 0 Å². The van der Waals surface area contributed by atoms with E-state index in [1.54, 1.807) is 0 Å². The molecule has 3 nitrogen and oxygen atoms in total. The highest BCUT2D eigenvalue weighted by molar-refractivity contribution is 6.10. The van der Waals surface area contributed by atoms with Crippen LogP contribution in [0.2, 0.25) is 0 Å². The van der Waals surface area contributed by atoms with Crippen LogP contribution in [0.3, 0.4) is 0 Å². The molecule has 10 aromatic carbocycles. The van der Waals surface area contributed by atoms with E-state index in [1.165, 1.54) is 132 Å². The van der Waals surface area contributed by atoms with Crippen LogP contribution in [0.1, 0.15) is 54.2 Å². The maximum Gasteiger partial charge on any atom is 0.0497 e. The Kier molecular flexibility index (Phi) is 11.8. The van der Waals surface area contributed by atoms with Crippen LogP contribution in [0.5, 0.6) is 0 Å². The minimum Gasteiger partial charge on any atom is -0.341 e. The highest BCUT2D eigenvalue weighted by Crippen LogP contribution is 2.36. The molecule has 0 radical (unpaired) electrons. The molecule has 75 heavy (non-hydrogen) atoms. The molecular weight excluding hydrogens is 907 g/mol. The summed E-state index contributed by atoms with van der Waals surface area (Å²) in [6, 6.07) is 80.7. The molecular formula is C72H57N3. The normalized spacial score (nSPS) is 12.2. The first kappa shape index (κ1) is 45.7. The van der Waals surface area contributed by atoms with Crippen LogP contribution in [-0.4, -0.2) is 13.7 Å². The molecule has 0 fully saturated rings. The summed E-state index contributed by atoms with van der Waals surface area (Å²) in [4.78, 5) is 0. The second kappa shape index (κ2) is 19.3. The van der Waals surface area contributed by atoms with Crippen LogP contribution >= 0.6 is 0 Å². The number of aryl methyl sites for hydroxylation is 3. The Labute approximate surface area is 438 Å². The zero-order valence-corrected chi connectivity index (χ0v) is 42.7. The molecule has 0 aliphatic rings. The van der Waals surface area contributed by atoms with Crippen molar-refractivity contribution in [3.8, 4) is 33.4 Å². The lowest BCUT2D eigenvalue weighted by Crippen LogP contribution is -1.92. The van der Waals surface area contributed by atoms with Gasteiger partial charge in [-0.2, -0.15) is 0 Å². The molecule has 0 bridgehead atoms. The molecule has 3 heterocycles. The highest BCUT2D eigenvalue weighted by Gasteiger charge is 2.13. The third-order valence-corrected chi connectivity index (χ3v) is 15.4. The predicted molar refractivity (Wildman–Crippen MR) is 325 cm³/mol. The summed E-state index contributed by atoms with van der Waals surface area (Å²) in [6.45, 7) is 9.48. The average Bonchev–Trinajstić information content (AvgIpc) is 4.12. The van der Waals surface area contributed by atoms with Gasteiger partial charge in [-0.15, -0.1) is 0 Å². The zero-order chi connectivity index (χ0) is 50.4. The number of hydrogen-bond acceptors (Lipinski definition) is 0. The molecule has 0 atom stereocenters. The third kappa shape index (κ3) is 8.47. The minimum atomic E-state index is 0.933. The van der Waals surface area contributed by atoms with Crippen LogP contribution in [0.25, 0.3) is 135 Å². The summed E-state index contributed by atoms with van der Waals surface area (Å²) in [7, 11) is 0. The van der Waals surface area contributed by atoms with Crippen LogP contribution < -0.4 is 0 Å². The van der Waals surface area contributed by atoms with E-state index in [2.05, 4.69) is 289 Å². The van der Waals surface area contributed by atoms with Crippen molar-refractivity contribution in [3.05, 3.63) is 252 Å². The van der Waals surface area contributed by atoms with Crippen LogP contribution in [0, 0.1) is 0 Å². The van der Waals surface area contributed by atoms with E-state index in [-0.39, 0.29) is 0 Å². The van der Waals surface area contributed by atoms with E-state index in [4.69, 9.17) is 0 Å². The third-order valence-electron chi connectivity index (χ3n) is 15.4. The van der Waals surface area contributed by atoms with E-state index in [0.717, 1.165) is 19.6 Å². The number of benzene rings is 10. The fourth-order valence-electron chi connectivity index (χ4n) is 11.6. The van der Waals surface area contributed by atoms with Gasteiger partial charge in [0, 0.05) is 85.1 Å². The fourth-order valence-corrected chi connectivity index (χ4v) is 11.6. The monoisotopic (exact) mass is 963 g/mol. The van der Waals surface area contributed by atoms with Crippen LogP contribution in [0.4, 0.5) is 0 Å².